The Labute approximate surface area is 170 Å². The Bertz CT molecular complexity index is 929. The van der Waals surface area contributed by atoms with Crippen LogP contribution in [0.3, 0.4) is 0 Å². The van der Waals surface area contributed by atoms with Crippen LogP contribution in [0.5, 0.6) is 28.7 Å². The zero-order chi connectivity index (χ0) is 18.4. The Balaban J connectivity index is 0.00000243. The molecule has 1 aliphatic heterocycles. The molecule has 0 saturated heterocycles. The third-order valence-corrected chi connectivity index (χ3v) is 4.07. The van der Waals surface area contributed by atoms with Crippen LogP contribution in [-0.2, 0) is 16.8 Å². The van der Waals surface area contributed by atoms with Crippen molar-refractivity contribution >= 4 is 10.4 Å². The van der Waals surface area contributed by atoms with Crippen LogP contribution in [0, 0.1) is 0 Å². The van der Waals surface area contributed by atoms with Gasteiger partial charge in [0.05, 0.1) is 6.10 Å². The van der Waals surface area contributed by atoms with Gasteiger partial charge < -0.3 is 29.3 Å². The predicted molar refractivity (Wildman–Crippen MR) is 80.9 cm³/mol. The maximum Gasteiger partial charge on any atom is 1.00 e. The number of hydrogen-bond donors (Lipinski definition) is 4. The van der Waals surface area contributed by atoms with E-state index in [2.05, 4.69) is 4.18 Å². The smallest absolute Gasteiger partial charge is 0.872 e. The number of benzene rings is 2. The van der Waals surface area contributed by atoms with Gasteiger partial charge in [-0.3, -0.25) is 4.55 Å². The van der Waals surface area contributed by atoms with Crippen molar-refractivity contribution in [2.24, 2.45) is 0 Å². The molecule has 9 nitrogen and oxygen atoms in total. The molecule has 0 fully saturated rings. The number of phenols is 2. The SMILES string of the molecule is O=S(=O)(O)Oc1ccc([C@H]2Oc3cc([O-])cc(O)c3C[C@H]2O)cc1O.[Na+]. The summed E-state index contributed by atoms with van der Waals surface area (Å²) in [5.41, 5.74) is 0.563. The summed E-state index contributed by atoms with van der Waals surface area (Å²) in [6.07, 6.45) is -2.06. The van der Waals surface area contributed by atoms with Crippen molar-refractivity contribution in [3.63, 3.8) is 0 Å². The average Bonchev–Trinajstić information content (AvgIpc) is 2.48. The minimum Gasteiger partial charge on any atom is -0.872 e. The fourth-order valence-corrected chi connectivity index (χ4v) is 3.00. The van der Waals surface area contributed by atoms with Gasteiger partial charge in [-0.05, 0) is 29.8 Å². The normalized spacial score (nSPS) is 19.0. The van der Waals surface area contributed by atoms with E-state index >= 15 is 0 Å². The van der Waals surface area contributed by atoms with Gasteiger partial charge >= 0.3 is 40.0 Å². The molecular weight excluding hydrogens is 379 g/mol. The largest absolute Gasteiger partial charge is 1.00 e. The number of phenolic OH excluding ortho intramolecular Hbond substituents is 2. The topological polar surface area (TPSA) is 157 Å². The Hall–Kier alpha value is -1.69. The Morgan fingerprint density at radius 2 is 1.85 bits per heavy atom. The summed E-state index contributed by atoms with van der Waals surface area (Å²) >= 11 is 0. The van der Waals surface area contributed by atoms with Crippen molar-refractivity contribution < 1.29 is 71.9 Å². The van der Waals surface area contributed by atoms with Gasteiger partial charge in [-0.15, -0.1) is 5.75 Å². The van der Waals surface area contributed by atoms with E-state index in [0.717, 1.165) is 18.2 Å². The molecule has 3 rings (SSSR count). The molecule has 0 unspecified atom stereocenters. The molecule has 0 saturated carbocycles. The molecule has 0 aliphatic carbocycles. The molecule has 0 radical (unpaired) electrons. The van der Waals surface area contributed by atoms with Crippen LogP contribution in [-0.4, -0.2) is 34.4 Å². The molecule has 2 atom stereocenters. The van der Waals surface area contributed by atoms with Crippen LogP contribution in [0.1, 0.15) is 17.2 Å². The summed E-state index contributed by atoms with van der Waals surface area (Å²) in [5.74, 6) is -1.74. The van der Waals surface area contributed by atoms with Gasteiger partial charge in [-0.25, -0.2) is 0 Å². The van der Waals surface area contributed by atoms with Gasteiger partial charge in [-0.2, -0.15) is 8.42 Å². The van der Waals surface area contributed by atoms with Crippen LogP contribution in [0.4, 0.5) is 0 Å². The van der Waals surface area contributed by atoms with Gasteiger partial charge in [0.15, 0.2) is 11.5 Å². The van der Waals surface area contributed by atoms with E-state index in [1.807, 2.05) is 0 Å². The van der Waals surface area contributed by atoms with Crippen molar-refractivity contribution in [2.45, 2.75) is 18.6 Å². The summed E-state index contributed by atoms with van der Waals surface area (Å²) < 4.78 is 39.8. The Morgan fingerprint density at radius 1 is 1.15 bits per heavy atom. The number of aromatic hydroxyl groups is 2. The first kappa shape index (κ1) is 20.6. The van der Waals surface area contributed by atoms with E-state index < -0.39 is 39.9 Å². The molecule has 1 aliphatic rings. The molecule has 2 aromatic rings. The van der Waals surface area contributed by atoms with Gasteiger partial charge in [0.1, 0.15) is 17.6 Å². The number of fused-ring (bicyclic) bond motifs is 1. The second kappa shape index (κ2) is 7.51. The predicted octanol–water partition coefficient (Wildman–Crippen LogP) is -2.61. The average molecular weight is 392 g/mol. The maximum absolute atomic E-state index is 11.5. The van der Waals surface area contributed by atoms with E-state index in [0.29, 0.717) is 5.56 Å². The molecule has 0 bridgehead atoms. The Kier molecular flexibility index (Phi) is 5.95. The van der Waals surface area contributed by atoms with E-state index in [1.165, 1.54) is 12.1 Å². The van der Waals surface area contributed by atoms with Crippen molar-refractivity contribution in [3.05, 3.63) is 41.5 Å². The summed E-state index contributed by atoms with van der Waals surface area (Å²) in [6.45, 7) is 0. The van der Waals surface area contributed by atoms with Crippen molar-refractivity contribution in [2.75, 3.05) is 0 Å². The third-order valence-electron chi connectivity index (χ3n) is 3.68. The quantitative estimate of drug-likeness (QED) is 0.325. The number of ether oxygens (including phenoxy) is 1. The molecule has 2 aromatic carbocycles. The zero-order valence-electron chi connectivity index (χ0n) is 13.5. The van der Waals surface area contributed by atoms with Crippen LogP contribution in [0.25, 0.3) is 0 Å². The fraction of sp³-hybridized carbons (Fsp3) is 0.200. The zero-order valence-corrected chi connectivity index (χ0v) is 16.3. The standard InChI is InChI=1S/C15H14O9S.Na/c16-8-4-10(17)9-6-12(19)15(23-14(9)5-8)7-1-2-13(11(18)3-7)24-25(20,21)22;/h1-5,12,15-19H,6H2,(H,20,21,22);/q;+1/p-1/t12-,15-;/m1./s1. The van der Waals surface area contributed by atoms with Gasteiger partial charge in [-0.1, -0.05) is 6.07 Å². The minimum atomic E-state index is -4.80. The number of hydrogen-bond acceptors (Lipinski definition) is 8. The van der Waals surface area contributed by atoms with Gasteiger partial charge in [0.25, 0.3) is 0 Å². The molecule has 4 N–H and O–H groups in total. The van der Waals surface area contributed by atoms with Crippen molar-refractivity contribution in [1.82, 2.24) is 0 Å². The first-order valence-electron chi connectivity index (χ1n) is 7.01. The van der Waals surface area contributed by atoms with Crippen molar-refractivity contribution in [1.29, 1.82) is 0 Å². The van der Waals surface area contributed by atoms with Crippen LogP contribution in [0.15, 0.2) is 30.3 Å². The van der Waals surface area contributed by atoms with E-state index in [-0.39, 0.29) is 53.0 Å². The maximum atomic E-state index is 11.5. The van der Waals surface area contributed by atoms with E-state index in [1.54, 1.807) is 0 Å². The number of rotatable bonds is 3. The number of aliphatic hydroxyl groups excluding tert-OH is 1. The molecule has 134 valence electrons. The molecule has 0 amide bonds. The van der Waals surface area contributed by atoms with Crippen LogP contribution in [0.2, 0.25) is 0 Å². The summed E-state index contributed by atoms with van der Waals surface area (Å²) in [6, 6.07) is 5.68. The second-order valence-electron chi connectivity index (χ2n) is 5.47. The third kappa shape index (κ3) is 4.34. The van der Waals surface area contributed by atoms with Crippen LogP contribution >= 0.6 is 0 Å². The molecule has 1 heterocycles. The first-order chi connectivity index (χ1) is 11.6. The van der Waals surface area contributed by atoms with Gasteiger partial charge in [0, 0.05) is 12.0 Å². The molecule has 0 spiro atoms. The molecule has 11 heteroatoms. The fourth-order valence-electron chi connectivity index (χ4n) is 2.63. The van der Waals surface area contributed by atoms with Gasteiger partial charge in [0.2, 0.25) is 0 Å². The summed E-state index contributed by atoms with van der Waals surface area (Å²) in [4.78, 5) is 0. The second-order valence-corrected chi connectivity index (χ2v) is 6.49. The number of aliphatic hydroxyl groups is 1. The summed E-state index contributed by atoms with van der Waals surface area (Å²) in [7, 11) is -4.80. The van der Waals surface area contributed by atoms with Crippen LogP contribution < -0.4 is 43.6 Å². The minimum absolute atomic E-state index is 0. The molecular formula is C15H13NaO9S. The molecule has 0 aromatic heterocycles. The van der Waals surface area contributed by atoms with Crippen molar-refractivity contribution in [3.8, 4) is 28.7 Å². The summed E-state index contributed by atoms with van der Waals surface area (Å²) in [5, 5.41) is 41.3. The Morgan fingerprint density at radius 3 is 2.46 bits per heavy atom. The first-order valence-corrected chi connectivity index (χ1v) is 8.38. The van der Waals surface area contributed by atoms with E-state index in [9.17, 15) is 28.8 Å². The molecule has 26 heavy (non-hydrogen) atoms. The van der Waals surface area contributed by atoms with E-state index in [4.69, 9.17) is 9.29 Å². The monoisotopic (exact) mass is 392 g/mol.